The van der Waals surface area contributed by atoms with Crippen LogP contribution in [-0.2, 0) is 28.3 Å². The smallest absolute Gasteiger partial charge is 0.404 e. The zero-order valence-corrected chi connectivity index (χ0v) is 20.4. The average Bonchev–Trinajstić information content (AvgIpc) is 2.73. The molecule has 0 aromatic rings. The number of fused-ring (bicyclic) bond motifs is 1. The fraction of sp³-hybridized carbons (Fsp3) is 0.600. The van der Waals surface area contributed by atoms with Gasteiger partial charge in [0.15, 0.2) is 0 Å². The Labute approximate surface area is 201 Å². The van der Waals surface area contributed by atoms with E-state index in [-0.39, 0.29) is 30.7 Å². The summed E-state index contributed by atoms with van der Waals surface area (Å²) >= 11 is 0.945. The standard InChI is InChI=1S/C15H24N4O13P2S/c16-13(24)32-5-7-6-35-12-15(17,11(23)19(12)8(7)9(20)21)10(22)18-4-2-1-3-14(25,33(26,27)28)34(29,30)31/h12,25H,1-6,17H2,(H2,16,24)(H,18,22)(H,20,21)(H2,26,27,28)(H2,29,30,31)/t12-,15?/m0/s1. The lowest BCUT2D eigenvalue weighted by molar-refractivity contribution is -0.160. The van der Waals surface area contributed by atoms with Crippen molar-refractivity contribution >= 4 is 50.8 Å². The minimum absolute atomic E-state index is 0.0427. The number of nitrogens with one attached hydrogen (secondary N) is 1. The zero-order valence-electron chi connectivity index (χ0n) is 17.8. The third kappa shape index (κ3) is 5.40. The van der Waals surface area contributed by atoms with Crippen LogP contribution in [0, 0.1) is 0 Å². The lowest BCUT2D eigenvalue weighted by Crippen LogP contribution is -2.82. The Morgan fingerprint density at radius 3 is 2.26 bits per heavy atom. The van der Waals surface area contributed by atoms with Crippen LogP contribution in [0.3, 0.4) is 0 Å². The van der Waals surface area contributed by atoms with Gasteiger partial charge in [0, 0.05) is 17.9 Å². The molecule has 0 spiro atoms. The van der Waals surface area contributed by atoms with Crippen LogP contribution >= 0.6 is 27.0 Å². The highest BCUT2D eigenvalue weighted by molar-refractivity contribution is 8.00. The van der Waals surface area contributed by atoms with E-state index in [0.29, 0.717) is 0 Å². The Morgan fingerprint density at radius 1 is 1.20 bits per heavy atom. The van der Waals surface area contributed by atoms with Gasteiger partial charge in [-0.2, -0.15) is 0 Å². The average molecular weight is 562 g/mol. The van der Waals surface area contributed by atoms with Crippen molar-refractivity contribution < 1.29 is 62.8 Å². The van der Waals surface area contributed by atoms with E-state index in [1.807, 2.05) is 0 Å². The predicted octanol–water partition coefficient (Wildman–Crippen LogP) is -2.68. The van der Waals surface area contributed by atoms with Crippen LogP contribution in [0.25, 0.3) is 0 Å². The number of hydrogen-bond acceptors (Lipinski definition) is 10. The zero-order chi connectivity index (χ0) is 27.0. The number of unbranched alkanes of at least 4 members (excludes halogenated alkanes) is 1. The number of nitrogens with two attached hydrogens (primary N) is 2. The van der Waals surface area contributed by atoms with Crippen molar-refractivity contribution in [2.45, 2.75) is 35.3 Å². The van der Waals surface area contributed by atoms with Crippen LogP contribution < -0.4 is 16.8 Å². The van der Waals surface area contributed by atoms with Gasteiger partial charge in [0.25, 0.3) is 16.9 Å². The summed E-state index contributed by atoms with van der Waals surface area (Å²) in [6.45, 7) is -0.736. The maximum atomic E-state index is 12.7. The Morgan fingerprint density at radius 2 is 1.77 bits per heavy atom. The molecule has 2 aliphatic rings. The molecule has 0 bridgehead atoms. The molecule has 0 saturated carbocycles. The molecule has 11 N–H and O–H groups in total. The highest BCUT2D eigenvalue weighted by Gasteiger charge is 2.67. The van der Waals surface area contributed by atoms with Crippen LogP contribution in [-0.4, -0.2) is 93.5 Å². The summed E-state index contributed by atoms with van der Waals surface area (Å²) in [5, 5.41) is 16.9. The van der Waals surface area contributed by atoms with Crippen LogP contribution in [0.2, 0.25) is 0 Å². The van der Waals surface area contributed by atoms with E-state index >= 15 is 0 Å². The normalized spacial score (nSPS) is 22.9. The third-order valence-electron chi connectivity index (χ3n) is 5.31. The summed E-state index contributed by atoms with van der Waals surface area (Å²) in [6.07, 6.45) is -2.59. The van der Waals surface area contributed by atoms with Gasteiger partial charge in [-0.25, -0.2) is 9.59 Å². The quantitative estimate of drug-likeness (QED) is 0.0536. The fourth-order valence-electron chi connectivity index (χ4n) is 3.42. The van der Waals surface area contributed by atoms with E-state index in [4.69, 9.17) is 31.0 Å². The van der Waals surface area contributed by atoms with Gasteiger partial charge in [0.1, 0.15) is 17.7 Å². The molecular formula is C15H24N4O13P2S. The molecule has 2 heterocycles. The number of thioether (sulfide) groups is 1. The topological polar surface area (TPSA) is 300 Å². The van der Waals surface area contributed by atoms with Crippen molar-refractivity contribution in [2.24, 2.45) is 11.5 Å². The molecule has 2 atom stereocenters. The number of carbonyl (C=O) groups is 4. The van der Waals surface area contributed by atoms with E-state index in [9.17, 15) is 38.5 Å². The van der Waals surface area contributed by atoms with Gasteiger partial charge in [-0.1, -0.05) is 0 Å². The van der Waals surface area contributed by atoms with E-state index < -0.39 is 73.8 Å². The summed E-state index contributed by atoms with van der Waals surface area (Å²) in [7, 11) is -11.2. The lowest BCUT2D eigenvalue weighted by atomic mass is 9.86. The van der Waals surface area contributed by atoms with Crippen molar-refractivity contribution in [1.29, 1.82) is 0 Å². The van der Waals surface area contributed by atoms with Gasteiger partial charge in [0.05, 0.1) is 0 Å². The lowest BCUT2D eigenvalue weighted by Gasteiger charge is -2.54. The van der Waals surface area contributed by atoms with Crippen molar-refractivity contribution in [3.63, 3.8) is 0 Å². The van der Waals surface area contributed by atoms with E-state index in [1.165, 1.54) is 0 Å². The van der Waals surface area contributed by atoms with Crippen LogP contribution in [0.5, 0.6) is 0 Å². The van der Waals surface area contributed by atoms with E-state index in [2.05, 4.69) is 10.1 Å². The Balaban J connectivity index is 2.02. The number of ether oxygens (including phenoxy) is 1. The first-order chi connectivity index (χ1) is 15.9. The first kappa shape index (κ1) is 29.2. The maximum Gasteiger partial charge on any atom is 0.404 e. The van der Waals surface area contributed by atoms with Gasteiger partial charge in [-0.3, -0.25) is 23.6 Å². The molecule has 20 heteroatoms. The maximum absolute atomic E-state index is 12.7. The number of carboxylic acids is 1. The monoisotopic (exact) mass is 562 g/mol. The van der Waals surface area contributed by atoms with Crippen LogP contribution in [0.15, 0.2) is 11.3 Å². The third-order valence-corrected chi connectivity index (χ3v) is 10.6. The molecule has 17 nitrogen and oxygen atoms in total. The van der Waals surface area contributed by atoms with Gasteiger partial charge in [0.2, 0.25) is 5.54 Å². The predicted molar refractivity (Wildman–Crippen MR) is 116 cm³/mol. The minimum Gasteiger partial charge on any atom is -0.477 e. The van der Waals surface area contributed by atoms with Gasteiger partial charge < -0.3 is 51.3 Å². The molecule has 35 heavy (non-hydrogen) atoms. The SMILES string of the molecule is NC(=O)OCC1=C(C(=O)O)N2C(=O)C(N)(C(=O)NCCCCC(O)(P(=O)(O)O)P(=O)(O)O)[C@@H]2SC1. The molecule has 2 aliphatic heterocycles. The van der Waals surface area contributed by atoms with Crippen LogP contribution in [0.1, 0.15) is 19.3 Å². The van der Waals surface area contributed by atoms with Crippen LogP contribution in [0.4, 0.5) is 4.79 Å². The number of rotatable bonds is 11. The van der Waals surface area contributed by atoms with Crippen molar-refractivity contribution in [3.05, 3.63) is 11.3 Å². The molecule has 198 valence electrons. The second-order valence-corrected chi connectivity index (χ2v) is 12.7. The minimum atomic E-state index is -5.61. The molecule has 0 aromatic carbocycles. The van der Waals surface area contributed by atoms with Crippen molar-refractivity contribution in [1.82, 2.24) is 10.2 Å². The number of nitrogens with zero attached hydrogens (tertiary/aromatic N) is 1. The van der Waals surface area contributed by atoms with E-state index in [1.54, 1.807) is 0 Å². The summed E-state index contributed by atoms with van der Waals surface area (Å²) in [6, 6.07) is 0. The van der Waals surface area contributed by atoms with Crippen molar-refractivity contribution in [2.75, 3.05) is 18.9 Å². The molecular weight excluding hydrogens is 538 g/mol. The van der Waals surface area contributed by atoms with Gasteiger partial charge >= 0.3 is 27.3 Å². The molecule has 3 amide bonds. The first-order valence-corrected chi connectivity index (χ1v) is 13.9. The number of amides is 3. The highest BCUT2D eigenvalue weighted by Crippen LogP contribution is 2.69. The highest BCUT2D eigenvalue weighted by atomic mass is 32.2. The second kappa shape index (κ2) is 10.2. The Bertz CT molecular complexity index is 1030. The second-order valence-electron chi connectivity index (χ2n) is 7.65. The molecule has 2 rings (SSSR count). The fourth-order valence-corrected chi connectivity index (χ4v) is 7.08. The number of carboxylic acid groups (broad SMARTS) is 1. The van der Waals surface area contributed by atoms with Gasteiger partial charge in [-0.15, -0.1) is 11.8 Å². The summed E-state index contributed by atoms with van der Waals surface area (Å²) in [5.74, 6) is -3.59. The van der Waals surface area contributed by atoms with E-state index in [0.717, 1.165) is 16.7 Å². The first-order valence-electron chi connectivity index (χ1n) is 9.63. The largest absolute Gasteiger partial charge is 0.477 e. The summed E-state index contributed by atoms with van der Waals surface area (Å²) < 4.78 is 27.3. The number of carbonyl (C=O) groups excluding carboxylic acids is 3. The molecule has 0 aliphatic carbocycles. The number of primary amides is 1. The van der Waals surface area contributed by atoms with Gasteiger partial charge in [-0.05, 0) is 19.3 Å². The number of aliphatic hydroxyl groups is 1. The number of hydrogen-bond donors (Lipinski definition) is 9. The molecule has 1 unspecified atom stereocenters. The number of aliphatic carboxylic acids is 1. The van der Waals surface area contributed by atoms with Crippen molar-refractivity contribution in [3.8, 4) is 0 Å². The molecule has 0 aromatic heterocycles. The summed E-state index contributed by atoms with van der Waals surface area (Å²) in [4.78, 5) is 85.0. The molecule has 1 fully saturated rings. The Hall–Kier alpha value is -2.01. The Kier molecular flexibility index (Phi) is 8.48. The molecule has 1 saturated heterocycles. The molecule has 0 radical (unpaired) electrons. The summed E-state index contributed by atoms with van der Waals surface area (Å²) in [5.41, 5.74) is 8.27. The number of β-lactam (4-membered cyclic amide) rings is 1.